The van der Waals surface area contributed by atoms with Gasteiger partial charge in [-0.15, -0.1) is 11.3 Å². The van der Waals surface area contributed by atoms with E-state index in [0.717, 1.165) is 29.3 Å². The lowest BCUT2D eigenvalue weighted by Gasteiger charge is -2.16. The molecule has 5 nitrogen and oxygen atoms in total. The predicted molar refractivity (Wildman–Crippen MR) is 93.8 cm³/mol. The van der Waals surface area contributed by atoms with Crippen molar-refractivity contribution in [3.8, 4) is 0 Å². The first-order chi connectivity index (χ1) is 11.2. The van der Waals surface area contributed by atoms with Crippen molar-refractivity contribution < 1.29 is 4.79 Å². The van der Waals surface area contributed by atoms with Crippen molar-refractivity contribution in [2.45, 2.75) is 32.4 Å². The van der Waals surface area contributed by atoms with E-state index in [-0.39, 0.29) is 12.1 Å². The second kappa shape index (κ2) is 7.46. The van der Waals surface area contributed by atoms with Crippen LogP contribution in [0, 0.1) is 0 Å². The van der Waals surface area contributed by atoms with Crippen LogP contribution in [0.1, 0.15) is 36.2 Å². The number of nitrogens with one attached hydrogen (secondary N) is 2. The summed E-state index contributed by atoms with van der Waals surface area (Å²) in [5.41, 5.74) is 1.01. The molecule has 1 aliphatic rings. The van der Waals surface area contributed by atoms with Gasteiger partial charge in [-0.25, -0.2) is 9.78 Å². The number of urea groups is 1. The quantitative estimate of drug-likeness (QED) is 0.884. The molecule has 1 fully saturated rings. The third-order valence-corrected chi connectivity index (χ3v) is 5.06. The van der Waals surface area contributed by atoms with E-state index in [2.05, 4.69) is 20.5 Å². The van der Waals surface area contributed by atoms with Crippen molar-refractivity contribution in [3.63, 3.8) is 0 Å². The van der Waals surface area contributed by atoms with Crippen LogP contribution in [-0.2, 0) is 6.54 Å². The van der Waals surface area contributed by atoms with E-state index in [1.54, 1.807) is 11.3 Å². The lowest BCUT2D eigenvalue weighted by molar-refractivity contribution is 0.237. The average Bonchev–Trinajstić information content (AvgIpc) is 3.26. The predicted octanol–water partition coefficient (Wildman–Crippen LogP) is 3.30. The number of pyridine rings is 1. The van der Waals surface area contributed by atoms with Gasteiger partial charge in [-0.05, 0) is 42.8 Å². The van der Waals surface area contributed by atoms with Crippen molar-refractivity contribution in [2.24, 2.45) is 0 Å². The fourth-order valence-corrected chi connectivity index (χ4v) is 3.43. The molecule has 3 heterocycles. The maximum Gasteiger partial charge on any atom is 0.315 e. The molecule has 2 amide bonds. The molecule has 0 unspecified atom stereocenters. The van der Waals surface area contributed by atoms with Gasteiger partial charge in [0.2, 0.25) is 0 Å². The van der Waals surface area contributed by atoms with Crippen LogP contribution < -0.4 is 15.5 Å². The highest BCUT2D eigenvalue weighted by molar-refractivity contribution is 7.10. The molecule has 3 rings (SSSR count). The third-order valence-electron chi connectivity index (χ3n) is 4.01. The zero-order chi connectivity index (χ0) is 16.1. The minimum Gasteiger partial charge on any atom is -0.357 e. The standard InChI is InChI=1S/C17H22N4OS/c1-13(15-5-4-10-23-15)20-17(22)19-12-14-6-7-16(18-11-14)21-8-2-3-9-21/h4-7,10-11,13H,2-3,8-9,12H2,1H3,(H2,19,20,22)/t13-/m1/s1. The summed E-state index contributed by atoms with van der Waals surface area (Å²) in [5.74, 6) is 1.03. The Balaban J connectivity index is 1.47. The number of nitrogens with zero attached hydrogens (tertiary/aromatic N) is 2. The first kappa shape index (κ1) is 15.8. The van der Waals surface area contributed by atoms with Crippen molar-refractivity contribution in [1.82, 2.24) is 15.6 Å². The van der Waals surface area contributed by atoms with Gasteiger partial charge in [0.05, 0.1) is 6.04 Å². The summed E-state index contributed by atoms with van der Waals surface area (Å²) in [5, 5.41) is 7.84. The molecule has 1 atom stereocenters. The maximum atomic E-state index is 12.0. The fourth-order valence-electron chi connectivity index (χ4n) is 2.69. The molecule has 2 aromatic heterocycles. The van der Waals surface area contributed by atoms with Crippen molar-refractivity contribution in [3.05, 3.63) is 46.3 Å². The van der Waals surface area contributed by atoms with Gasteiger partial charge in [0.1, 0.15) is 5.82 Å². The van der Waals surface area contributed by atoms with E-state index in [9.17, 15) is 4.79 Å². The normalized spacial score (nSPS) is 15.4. The van der Waals surface area contributed by atoms with Crippen LogP contribution in [0.2, 0.25) is 0 Å². The molecule has 0 saturated carbocycles. The van der Waals surface area contributed by atoms with Crippen LogP contribution in [-0.4, -0.2) is 24.1 Å². The van der Waals surface area contributed by atoms with Crippen LogP contribution >= 0.6 is 11.3 Å². The minimum absolute atomic E-state index is 0.0191. The number of hydrogen-bond donors (Lipinski definition) is 2. The fraction of sp³-hybridized carbons (Fsp3) is 0.412. The van der Waals surface area contributed by atoms with E-state index >= 15 is 0 Å². The number of carbonyl (C=O) groups is 1. The molecule has 122 valence electrons. The van der Waals surface area contributed by atoms with E-state index in [1.807, 2.05) is 42.8 Å². The number of thiophene rings is 1. The Hall–Kier alpha value is -2.08. The Morgan fingerprint density at radius 2 is 2.17 bits per heavy atom. The zero-order valence-electron chi connectivity index (χ0n) is 13.3. The highest BCUT2D eigenvalue weighted by atomic mass is 32.1. The number of carbonyl (C=O) groups excluding carboxylic acids is 1. The van der Waals surface area contributed by atoms with Gasteiger partial charge in [-0.2, -0.15) is 0 Å². The number of rotatable bonds is 5. The second-order valence-corrected chi connectivity index (χ2v) is 6.76. The van der Waals surface area contributed by atoms with Gasteiger partial charge < -0.3 is 15.5 Å². The Labute approximate surface area is 140 Å². The lowest BCUT2D eigenvalue weighted by Crippen LogP contribution is -2.36. The number of anilines is 1. The van der Waals surface area contributed by atoms with Gasteiger partial charge in [-0.1, -0.05) is 12.1 Å². The summed E-state index contributed by atoms with van der Waals surface area (Å²) in [6.45, 7) is 4.65. The molecular weight excluding hydrogens is 308 g/mol. The average molecular weight is 330 g/mol. The van der Waals surface area contributed by atoms with Crippen LogP contribution in [0.15, 0.2) is 35.8 Å². The molecule has 0 spiro atoms. The molecule has 0 bridgehead atoms. The highest BCUT2D eigenvalue weighted by Crippen LogP contribution is 2.18. The van der Waals surface area contributed by atoms with Crippen molar-refractivity contribution in [2.75, 3.05) is 18.0 Å². The first-order valence-electron chi connectivity index (χ1n) is 8.00. The summed E-state index contributed by atoms with van der Waals surface area (Å²) in [6, 6.07) is 7.94. The summed E-state index contributed by atoms with van der Waals surface area (Å²) in [4.78, 5) is 19.9. The topological polar surface area (TPSA) is 57.3 Å². The Morgan fingerprint density at radius 3 is 2.83 bits per heavy atom. The first-order valence-corrected chi connectivity index (χ1v) is 8.88. The van der Waals surface area contributed by atoms with Crippen LogP contribution in [0.25, 0.3) is 0 Å². The molecule has 0 aliphatic carbocycles. The molecule has 23 heavy (non-hydrogen) atoms. The number of hydrogen-bond acceptors (Lipinski definition) is 4. The molecule has 2 aromatic rings. The van der Waals surface area contributed by atoms with Crippen LogP contribution in [0.5, 0.6) is 0 Å². The number of amides is 2. The molecule has 0 aromatic carbocycles. The number of aromatic nitrogens is 1. The van der Waals surface area contributed by atoms with Gasteiger partial charge in [-0.3, -0.25) is 0 Å². The minimum atomic E-state index is -0.158. The molecule has 2 N–H and O–H groups in total. The van der Waals surface area contributed by atoms with Crippen molar-refractivity contribution in [1.29, 1.82) is 0 Å². The molecule has 6 heteroatoms. The molecule has 1 aliphatic heterocycles. The summed E-state index contributed by atoms with van der Waals surface area (Å²) >= 11 is 1.64. The van der Waals surface area contributed by atoms with Gasteiger partial charge >= 0.3 is 6.03 Å². The second-order valence-electron chi connectivity index (χ2n) is 5.78. The molecular formula is C17H22N4OS. The van der Waals surface area contributed by atoms with E-state index < -0.39 is 0 Å². The summed E-state index contributed by atoms with van der Waals surface area (Å²) in [6.07, 6.45) is 4.33. The Morgan fingerprint density at radius 1 is 1.35 bits per heavy atom. The van der Waals surface area contributed by atoms with Crippen LogP contribution in [0.4, 0.5) is 10.6 Å². The monoisotopic (exact) mass is 330 g/mol. The molecule has 1 saturated heterocycles. The van der Waals surface area contributed by atoms with Gasteiger partial charge in [0.15, 0.2) is 0 Å². The van der Waals surface area contributed by atoms with E-state index in [4.69, 9.17) is 0 Å². The maximum absolute atomic E-state index is 12.0. The molecule has 0 radical (unpaired) electrons. The van der Waals surface area contributed by atoms with E-state index in [0.29, 0.717) is 6.54 Å². The SMILES string of the molecule is C[C@@H](NC(=O)NCc1ccc(N2CCCC2)nc1)c1cccs1. The summed E-state index contributed by atoms with van der Waals surface area (Å²) < 4.78 is 0. The smallest absolute Gasteiger partial charge is 0.315 e. The van der Waals surface area contributed by atoms with Gasteiger partial charge in [0, 0.05) is 30.7 Å². The Bertz CT molecular complexity index is 621. The summed E-state index contributed by atoms with van der Waals surface area (Å²) in [7, 11) is 0. The third kappa shape index (κ3) is 4.22. The van der Waals surface area contributed by atoms with Crippen molar-refractivity contribution >= 4 is 23.2 Å². The highest BCUT2D eigenvalue weighted by Gasteiger charge is 2.13. The van der Waals surface area contributed by atoms with E-state index in [1.165, 1.54) is 12.8 Å². The Kier molecular flexibility index (Phi) is 5.12. The van der Waals surface area contributed by atoms with Gasteiger partial charge in [0.25, 0.3) is 0 Å². The lowest BCUT2D eigenvalue weighted by atomic mass is 10.2. The van der Waals surface area contributed by atoms with Crippen LogP contribution in [0.3, 0.4) is 0 Å². The zero-order valence-corrected chi connectivity index (χ0v) is 14.1. The largest absolute Gasteiger partial charge is 0.357 e.